The molecule has 1 aromatic carbocycles. The van der Waals surface area contributed by atoms with E-state index in [9.17, 15) is 9.90 Å². The lowest BCUT2D eigenvalue weighted by atomic mass is 10.1. The molecule has 2 heterocycles. The zero-order chi connectivity index (χ0) is 20.3. The van der Waals surface area contributed by atoms with Crippen molar-refractivity contribution in [1.29, 1.82) is 5.26 Å². The zero-order valence-electron chi connectivity index (χ0n) is 15.3. The fourth-order valence-electron chi connectivity index (χ4n) is 2.60. The normalized spacial score (nSPS) is 13.0. The Kier molecular flexibility index (Phi) is 5.78. The van der Waals surface area contributed by atoms with Crippen molar-refractivity contribution in [1.82, 2.24) is 25.3 Å². The van der Waals surface area contributed by atoms with Crippen LogP contribution >= 0.6 is 11.6 Å². The summed E-state index contributed by atoms with van der Waals surface area (Å²) in [4.78, 5) is 12.2. The third-order valence-electron chi connectivity index (χ3n) is 4.27. The average Bonchev–Trinajstić information content (AvgIpc) is 3.35. The second kappa shape index (κ2) is 8.25. The van der Waals surface area contributed by atoms with Crippen LogP contribution in [0.15, 0.2) is 36.5 Å². The van der Waals surface area contributed by atoms with Crippen LogP contribution in [-0.2, 0) is 0 Å². The van der Waals surface area contributed by atoms with E-state index in [0.717, 1.165) is 11.3 Å². The van der Waals surface area contributed by atoms with Gasteiger partial charge < -0.3 is 10.4 Å². The Hall–Kier alpha value is -3.15. The van der Waals surface area contributed by atoms with Crippen molar-refractivity contribution in [3.8, 4) is 17.3 Å². The molecule has 8 nitrogen and oxygen atoms in total. The molecule has 3 N–H and O–H groups in total. The summed E-state index contributed by atoms with van der Waals surface area (Å²) < 4.78 is 1.75. The molecular formula is C19H19ClN6O2. The minimum atomic E-state index is -0.741. The molecule has 2 atom stereocenters. The number of aliphatic hydroxyl groups excluding tert-OH is 1. The van der Waals surface area contributed by atoms with Gasteiger partial charge in [-0.1, -0.05) is 17.7 Å². The number of rotatable bonds is 6. The van der Waals surface area contributed by atoms with E-state index in [2.05, 4.69) is 20.6 Å². The number of benzene rings is 1. The highest BCUT2D eigenvalue weighted by Crippen LogP contribution is 2.24. The lowest BCUT2D eigenvalue weighted by molar-refractivity contribution is 0.0943. The maximum absolute atomic E-state index is 12.2. The van der Waals surface area contributed by atoms with E-state index >= 15 is 0 Å². The van der Waals surface area contributed by atoms with Crippen molar-refractivity contribution in [2.45, 2.75) is 26.0 Å². The zero-order valence-corrected chi connectivity index (χ0v) is 16.1. The second-order valence-electron chi connectivity index (χ2n) is 6.43. The third-order valence-corrected chi connectivity index (χ3v) is 4.59. The van der Waals surface area contributed by atoms with Gasteiger partial charge in [0, 0.05) is 18.3 Å². The SMILES string of the molecule is CC(O)c1cc(C(=O)NC[C@@H](C)n2ccc(-c3ccc(C#N)c(Cl)c3)n2)[nH]n1. The van der Waals surface area contributed by atoms with E-state index in [0.29, 0.717) is 22.8 Å². The van der Waals surface area contributed by atoms with Gasteiger partial charge in [0.15, 0.2) is 0 Å². The first kappa shape index (κ1) is 19.6. The van der Waals surface area contributed by atoms with Gasteiger partial charge in [-0.25, -0.2) is 0 Å². The summed E-state index contributed by atoms with van der Waals surface area (Å²) >= 11 is 6.08. The number of aromatic amines is 1. The minimum absolute atomic E-state index is 0.0919. The number of aromatic nitrogens is 4. The van der Waals surface area contributed by atoms with E-state index in [4.69, 9.17) is 16.9 Å². The minimum Gasteiger partial charge on any atom is -0.387 e. The molecule has 0 aliphatic carbocycles. The Balaban J connectivity index is 1.64. The molecule has 0 bridgehead atoms. The molecule has 0 saturated carbocycles. The second-order valence-corrected chi connectivity index (χ2v) is 6.84. The topological polar surface area (TPSA) is 120 Å². The Morgan fingerprint density at radius 2 is 2.18 bits per heavy atom. The number of nitrogens with zero attached hydrogens (tertiary/aromatic N) is 4. The molecule has 0 aliphatic heterocycles. The lowest BCUT2D eigenvalue weighted by Gasteiger charge is -2.13. The molecule has 0 saturated heterocycles. The molecule has 9 heteroatoms. The van der Waals surface area contributed by atoms with Crippen LogP contribution in [0.2, 0.25) is 5.02 Å². The Morgan fingerprint density at radius 1 is 1.39 bits per heavy atom. The van der Waals surface area contributed by atoms with Gasteiger partial charge in [-0.05, 0) is 38.1 Å². The summed E-state index contributed by atoms with van der Waals surface area (Å²) in [5.41, 5.74) is 2.65. The summed E-state index contributed by atoms with van der Waals surface area (Å²) in [5.74, 6) is -0.308. The highest BCUT2D eigenvalue weighted by atomic mass is 35.5. The van der Waals surface area contributed by atoms with Crippen molar-refractivity contribution in [2.75, 3.05) is 6.54 Å². The summed E-state index contributed by atoms with van der Waals surface area (Å²) in [6.45, 7) is 3.87. The maximum atomic E-state index is 12.2. The highest BCUT2D eigenvalue weighted by molar-refractivity contribution is 6.32. The van der Waals surface area contributed by atoms with Crippen molar-refractivity contribution in [2.24, 2.45) is 0 Å². The van der Waals surface area contributed by atoms with Gasteiger partial charge in [0.2, 0.25) is 0 Å². The molecule has 3 rings (SSSR count). The maximum Gasteiger partial charge on any atom is 0.269 e. The molecule has 3 aromatic rings. The van der Waals surface area contributed by atoms with Crippen LogP contribution in [0.4, 0.5) is 0 Å². The number of aliphatic hydroxyl groups is 1. The first-order valence-electron chi connectivity index (χ1n) is 8.65. The standard InChI is InChI=1S/C19H19ClN6O2/c1-11(10-22-19(28)18-8-17(12(2)27)23-24-18)26-6-5-16(25-26)13-3-4-14(9-21)15(20)7-13/h3-8,11-12,27H,10H2,1-2H3,(H,22,28)(H,23,24)/t11-,12?/m1/s1. The van der Waals surface area contributed by atoms with Gasteiger partial charge >= 0.3 is 0 Å². The quantitative estimate of drug-likeness (QED) is 0.589. The van der Waals surface area contributed by atoms with E-state index < -0.39 is 6.10 Å². The van der Waals surface area contributed by atoms with E-state index in [1.54, 1.807) is 29.8 Å². The first-order chi connectivity index (χ1) is 13.4. The number of H-pyrrole nitrogens is 1. The van der Waals surface area contributed by atoms with Gasteiger partial charge in [0.05, 0.1) is 34.1 Å². The summed E-state index contributed by atoms with van der Waals surface area (Å²) in [7, 11) is 0. The van der Waals surface area contributed by atoms with Gasteiger partial charge in [0.1, 0.15) is 11.8 Å². The monoisotopic (exact) mass is 398 g/mol. The van der Waals surface area contributed by atoms with Crippen LogP contribution in [0.1, 0.15) is 47.7 Å². The highest BCUT2D eigenvalue weighted by Gasteiger charge is 2.15. The molecule has 2 aromatic heterocycles. The van der Waals surface area contributed by atoms with Crippen LogP contribution in [0.25, 0.3) is 11.3 Å². The molecular weight excluding hydrogens is 380 g/mol. The number of halogens is 1. The lowest BCUT2D eigenvalue weighted by Crippen LogP contribution is -2.30. The number of nitriles is 1. The van der Waals surface area contributed by atoms with Gasteiger partial charge in [-0.3, -0.25) is 14.6 Å². The molecule has 0 aliphatic rings. The summed E-state index contributed by atoms with van der Waals surface area (Å²) in [6.07, 6.45) is 1.08. The predicted octanol–water partition coefficient (Wildman–Crippen LogP) is 2.84. The number of carbonyl (C=O) groups is 1. The number of nitrogens with one attached hydrogen (secondary N) is 2. The van der Waals surface area contributed by atoms with Crippen molar-refractivity contribution < 1.29 is 9.90 Å². The fraction of sp³-hybridized carbons (Fsp3) is 0.263. The molecule has 1 amide bonds. The summed E-state index contributed by atoms with van der Waals surface area (Å²) in [5, 5.41) is 32.7. The molecule has 144 valence electrons. The van der Waals surface area contributed by atoms with Crippen molar-refractivity contribution >= 4 is 17.5 Å². The molecule has 28 heavy (non-hydrogen) atoms. The average molecular weight is 399 g/mol. The van der Waals surface area contributed by atoms with Crippen LogP contribution in [0, 0.1) is 11.3 Å². The molecule has 0 fully saturated rings. The number of hydrogen-bond acceptors (Lipinski definition) is 5. The van der Waals surface area contributed by atoms with Gasteiger partial charge in [0.25, 0.3) is 5.91 Å². The van der Waals surface area contributed by atoms with E-state index in [1.807, 2.05) is 25.3 Å². The van der Waals surface area contributed by atoms with Crippen molar-refractivity contribution in [3.63, 3.8) is 0 Å². The van der Waals surface area contributed by atoms with Gasteiger partial charge in [-0.2, -0.15) is 15.5 Å². The number of hydrogen-bond donors (Lipinski definition) is 3. The fourth-order valence-corrected chi connectivity index (χ4v) is 2.82. The Morgan fingerprint density at radius 3 is 2.82 bits per heavy atom. The Bertz CT molecular complexity index is 1030. The molecule has 0 spiro atoms. The Labute approximate surface area is 166 Å². The first-order valence-corrected chi connectivity index (χ1v) is 9.03. The number of carbonyl (C=O) groups excluding carboxylic acids is 1. The van der Waals surface area contributed by atoms with Crippen molar-refractivity contribution in [3.05, 3.63) is 58.5 Å². The summed E-state index contributed by atoms with van der Waals surface area (Å²) in [6, 6.07) is 10.5. The van der Waals surface area contributed by atoms with Gasteiger partial charge in [-0.15, -0.1) is 0 Å². The van der Waals surface area contributed by atoms with Crippen LogP contribution in [-0.4, -0.2) is 37.5 Å². The largest absolute Gasteiger partial charge is 0.387 e. The van der Waals surface area contributed by atoms with E-state index in [1.165, 1.54) is 6.07 Å². The van der Waals surface area contributed by atoms with E-state index in [-0.39, 0.29) is 17.6 Å². The molecule has 0 radical (unpaired) electrons. The third kappa shape index (κ3) is 4.22. The smallest absolute Gasteiger partial charge is 0.269 e. The molecule has 1 unspecified atom stereocenters. The van der Waals surface area contributed by atoms with Crippen LogP contribution in [0.3, 0.4) is 0 Å². The van der Waals surface area contributed by atoms with Crippen LogP contribution in [0.5, 0.6) is 0 Å². The predicted molar refractivity (Wildman–Crippen MR) is 104 cm³/mol. The number of amides is 1. The van der Waals surface area contributed by atoms with Crippen LogP contribution < -0.4 is 5.32 Å².